The maximum atomic E-state index is 5.43. The molecule has 1 N–H and O–H groups in total. The van der Waals surface area contributed by atoms with Gasteiger partial charge in [-0.3, -0.25) is 0 Å². The van der Waals surface area contributed by atoms with Crippen LogP contribution in [0.4, 0.5) is 0 Å². The Hall–Kier alpha value is -0.200. The van der Waals surface area contributed by atoms with Gasteiger partial charge in [0.15, 0.2) is 0 Å². The van der Waals surface area contributed by atoms with Crippen molar-refractivity contribution in [2.45, 2.75) is 26.2 Å². The van der Waals surface area contributed by atoms with Gasteiger partial charge in [-0.15, -0.1) is 0 Å². The van der Waals surface area contributed by atoms with Crippen LogP contribution in [0.5, 0.6) is 0 Å². The molecule has 19 heavy (non-hydrogen) atoms. The maximum absolute atomic E-state index is 5.43. The van der Waals surface area contributed by atoms with Crippen LogP contribution >= 0.6 is 0 Å². The standard InChI is InChI=1S/C14H31NO4/c1-3-4-9-17-11-13-19-14-12-18-10-7-15-6-5-8-16-2/h15H,3-14H2,1-2H3. The second-order valence-electron chi connectivity index (χ2n) is 4.29. The molecule has 0 radical (unpaired) electrons. The molecule has 0 saturated heterocycles. The van der Waals surface area contributed by atoms with E-state index in [1.807, 2.05) is 0 Å². The zero-order valence-electron chi connectivity index (χ0n) is 12.6. The van der Waals surface area contributed by atoms with Crippen molar-refractivity contribution >= 4 is 0 Å². The molecule has 0 spiro atoms. The number of nitrogens with one attached hydrogen (secondary N) is 1. The number of methoxy groups -OCH3 is 1. The van der Waals surface area contributed by atoms with Crippen LogP contribution in [0.3, 0.4) is 0 Å². The summed E-state index contributed by atoms with van der Waals surface area (Å²) in [4.78, 5) is 0. The number of unbranched alkanes of at least 4 members (excludes halogenated alkanes) is 1. The van der Waals surface area contributed by atoms with Crippen molar-refractivity contribution in [3.8, 4) is 0 Å². The van der Waals surface area contributed by atoms with Gasteiger partial charge in [0.25, 0.3) is 0 Å². The summed E-state index contributed by atoms with van der Waals surface area (Å²) in [6, 6.07) is 0. The normalized spacial score (nSPS) is 11.1. The molecule has 5 heteroatoms. The Labute approximate surface area is 117 Å². The topological polar surface area (TPSA) is 49.0 Å². The highest BCUT2D eigenvalue weighted by Crippen LogP contribution is 1.88. The molecule has 0 aliphatic heterocycles. The van der Waals surface area contributed by atoms with Crippen LogP contribution in [-0.2, 0) is 18.9 Å². The van der Waals surface area contributed by atoms with E-state index in [1.54, 1.807) is 7.11 Å². The summed E-state index contributed by atoms with van der Waals surface area (Å²) in [7, 11) is 1.72. The van der Waals surface area contributed by atoms with E-state index in [2.05, 4.69) is 12.2 Å². The summed E-state index contributed by atoms with van der Waals surface area (Å²) < 4.78 is 21.1. The number of hydrogen-bond donors (Lipinski definition) is 1. The summed E-state index contributed by atoms with van der Waals surface area (Å²) in [6.45, 7) is 9.01. The summed E-state index contributed by atoms with van der Waals surface area (Å²) in [6.07, 6.45) is 3.34. The lowest BCUT2D eigenvalue weighted by atomic mass is 10.4. The Kier molecular flexibility index (Phi) is 17.6. The van der Waals surface area contributed by atoms with Crippen molar-refractivity contribution in [1.82, 2.24) is 5.32 Å². The fourth-order valence-corrected chi connectivity index (χ4v) is 1.40. The largest absolute Gasteiger partial charge is 0.385 e. The van der Waals surface area contributed by atoms with Gasteiger partial charge < -0.3 is 24.3 Å². The quantitative estimate of drug-likeness (QED) is 0.433. The van der Waals surface area contributed by atoms with E-state index in [0.29, 0.717) is 26.4 Å². The first kappa shape index (κ1) is 18.8. The molecule has 5 nitrogen and oxygen atoms in total. The van der Waals surface area contributed by atoms with E-state index in [-0.39, 0.29) is 0 Å². The lowest BCUT2D eigenvalue weighted by molar-refractivity contribution is 0.0146. The molecule has 0 aromatic heterocycles. The van der Waals surface area contributed by atoms with E-state index in [0.717, 1.165) is 45.8 Å². The fourth-order valence-electron chi connectivity index (χ4n) is 1.40. The van der Waals surface area contributed by atoms with Crippen LogP contribution in [0.15, 0.2) is 0 Å². The van der Waals surface area contributed by atoms with Gasteiger partial charge in [-0.1, -0.05) is 13.3 Å². The van der Waals surface area contributed by atoms with Gasteiger partial charge in [0.1, 0.15) is 0 Å². The predicted octanol–water partition coefficient (Wildman–Crippen LogP) is 1.46. The zero-order valence-corrected chi connectivity index (χ0v) is 12.6. The van der Waals surface area contributed by atoms with Gasteiger partial charge in [-0.25, -0.2) is 0 Å². The van der Waals surface area contributed by atoms with E-state index >= 15 is 0 Å². The molecule has 0 aliphatic carbocycles. The molecular weight excluding hydrogens is 246 g/mol. The van der Waals surface area contributed by atoms with Crippen molar-refractivity contribution in [2.75, 3.05) is 66.4 Å². The predicted molar refractivity (Wildman–Crippen MR) is 76.7 cm³/mol. The highest BCUT2D eigenvalue weighted by Gasteiger charge is 1.92. The second-order valence-corrected chi connectivity index (χ2v) is 4.29. The maximum Gasteiger partial charge on any atom is 0.0701 e. The zero-order chi connectivity index (χ0) is 14.0. The third kappa shape index (κ3) is 17.8. The fraction of sp³-hybridized carbons (Fsp3) is 1.00. The number of ether oxygens (including phenoxy) is 4. The van der Waals surface area contributed by atoms with Gasteiger partial charge >= 0.3 is 0 Å². The molecule has 0 amide bonds. The molecular formula is C14H31NO4. The van der Waals surface area contributed by atoms with Gasteiger partial charge in [0.2, 0.25) is 0 Å². The highest BCUT2D eigenvalue weighted by molar-refractivity contribution is 4.46. The molecule has 0 saturated carbocycles. The Morgan fingerprint density at radius 1 is 0.684 bits per heavy atom. The smallest absolute Gasteiger partial charge is 0.0701 e. The van der Waals surface area contributed by atoms with Gasteiger partial charge in [-0.2, -0.15) is 0 Å². The lowest BCUT2D eigenvalue weighted by Crippen LogP contribution is -2.22. The number of rotatable bonds is 16. The number of hydrogen-bond acceptors (Lipinski definition) is 5. The average molecular weight is 277 g/mol. The Balaban J connectivity index is 2.88. The minimum absolute atomic E-state index is 0.640. The van der Waals surface area contributed by atoms with Crippen molar-refractivity contribution in [3.63, 3.8) is 0 Å². The van der Waals surface area contributed by atoms with Crippen LogP contribution in [0.25, 0.3) is 0 Å². The average Bonchev–Trinajstić information content (AvgIpc) is 2.43. The Morgan fingerprint density at radius 3 is 1.95 bits per heavy atom. The third-order valence-electron chi connectivity index (χ3n) is 2.51. The molecule has 0 atom stereocenters. The van der Waals surface area contributed by atoms with E-state index in [9.17, 15) is 0 Å². The van der Waals surface area contributed by atoms with Crippen molar-refractivity contribution < 1.29 is 18.9 Å². The Morgan fingerprint density at radius 2 is 1.32 bits per heavy atom. The first-order valence-corrected chi connectivity index (χ1v) is 7.34. The summed E-state index contributed by atoms with van der Waals surface area (Å²) >= 11 is 0. The van der Waals surface area contributed by atoms with Crippen molar-refractivity contribution in [3.05, 3.63) is 0 Å². The molecule has 0 rings (SSSR count). The summed E-state index contributed by atoms with van der Waals surface area (Å²) in [5.41, 5.74) is 0. The second kappa shape index (κ2) is 17.8. The molecule has 0 aromatic carbocycles. The third-order valence-corrected chi connectivity index (χ3v) is 2.51. The molecule has 0 aromatic rings. The van der Waals surface area contributed by atoms with Gasteiger partial charge in [0, 0.05) is 26.9 Å². The summed E-state index contributed by atoms with van der Waals surface area (Å²) in [5, 5.41) is 3.29. The molecule has 0 bridgehead atoms. The molecule has 0 unspecified atom stereocenters. The monoisotopic (exact) mass is 277 g/mol. The van der Waals surface area contributed by atoms with Crippen molar-refractivity contribution in [1.29, 1.82) is 0 Å². The van der Waals surface area contributed by atoms with Crippen LogP contribution in [0.1, 0.15) is 26.2 Å². The van der Waals surface area contributed by atoms with Gasteiger partial charge in [0.05, 0.1) is 33.0 Å². The van der Waals surface area contributed by atoms with E-state index in [1.165, 1.54) is 6.42 Å². The SMILES string of the molecule is CCCCOCCOCCOCCNCCCOC. The van der Waals surface area contributed by atoms with Crippen LogP contribution in [0, 0.1) is 0 Å². The van der Waals surface area contributed by atoms with Gasteiger partial charge in [-0.05, 0) is 19.4 Å². The molecule has 0 fully saturated rings. The van der Waals surface area contributed by atoms with Crippen LogP contribution in [0.2, 0.25) is 0 Å². The Bertz CT molecular complexity index is 142. The highest BCUT2D eigenvalue weighted by atomic mass is 16.5. The van der Waals surface area contributed by atoms with E-state index in [4.69, 9.17) is 18.9 Å². The van der Waals surface area contributed by atoms with E-state index < -0.39 is 0 Å². The summed E-state index contributed by atoms with van der Waals surface area (Å²) in [5.74, 6) is 0. The van der Waals surface area contributed by atoms with Crippen molar-refractivity contribution in [2.24, 2.45) is 0 Å². The lowest BCUT2D eigenvalue weighted by Gasteiger charge is -2.07. The minimum Gasteiger partial charge on any atom is -0.385 e. The van der Waals surface area contributed by atoms with Crippen LogP contribution < -0.4 is 5.32 Å². The van der Waals surface area contributed by atoms with Crippen LogP contribution in [-0.4, -0.2) is 66.4 Å². The molecule has 0 heterocycles. The minimum atomic E-state index is 0.640. The molecule has 0 aliphatic rings. The first-order chi connectivity index (χ1) is 9.41. The molecule has 116 valence electrons. The first-order valence-electron chi connectivity index (χ1n) is 7.34.